The summed E-state index contributed by atoms with van der Waals surface area (Å²) in [6.07, 6.45) is -1.49. The first-order valence-corrected chi connectivity index (χ1v) is 7.29. The molecule has 0 fully saturated rings. The number of benzene rings is 1. The molecule has 0 saturated carbocycles. The molecule has 1 aliphatic carbocycles. The number of rotatable bonds is 3. The highest BCUT2D eigenvalue weighted by Crippen LogP contribution is 2.30. The SMILES string of the molecule is NCC1CCc2nc(Cc3cccc(C(F)(F)F)c3)oc2C1. The largest absolute Gasteiger partial charge is 0.445 e. The molecule has 22 heavy (non-hydrogen) atoms. The van der Waals surface area contributed by atoms with Crippen molar-refractivity contribution in [1.29, 1.82) is 0 Å². The van der Waals surface area contributed by atoms with E-state index in [1.165, 1.54) is 6.07 Å². The minimum absolute atomic E-state index is 0.268. The van der Waals surface area contributed by atoms with Crippen LogP contribution in [0.25, 0.3) is 0 Å². The normalized spacial score (nSPS) is 18.3. The number of halogens is 3. The van der Waals surface area contributed by atoms with Gasteiger partial charge in [0.25, 0.3) is 0 Å². The second-order valence-corrected chi connectivity index (χ2v) is 5.70. The van der Waals surface area contributed by atoms with E-state index in [0.29, 0.717) is 23.9 Å². The van der Waals surface area contributed by atoms with Gasteiger partial charge in [-0.1, -0.05) is 18.2 Å². The van der Waals surface area contributed by atoms with Gasteiger partial charge in [-0.05, 0) is 36.9 Å². The van der Waals surface area contributed by atoms with E-state index >= 15 is 0 Å². The first-order chi connectivity index (χ1) is 10.5. The number of nitrogens with zero attached hydrogens (tertiary/aromatic N) is 1. The van der Waals surface area contributed by atoms with E-state index in [0.717, 1.165) is 42.8 Å². The molecule has 3 rings (SSSR count). The Morgan fingerprint density at radius 2 is 2.14 bits per heavy atom. The van der Waals surface area contributed by atoms with E-state index in [4.69, 9.17) is 10.2 Å². The van der Waals surface area contributed by atoms with Gasteiger partial charge in [-0.25, -0.2) is 4.98 Å². The molecule has 1 aromatic carbocycles. The minimum atomic E-state index is -4.33. The van der Waals surface area contributed by atoms with Gasteiger partial charge in [0.15, 0.2) is 5.89 Å². The van der Waals surface area contributed by atoms with Crippen LogP contribution in [-0.4, -0.2) is 11.5 Å². The van der Waals surface area contributed by atoms with Gasteiger partial charge in [-0.15, -0.1) is 0 Å². The molecule has 1 aromatic heterocycles. The van der Waals surface area contributed by atoms with Gasteiger partial charge in [-0.3, -0.25) is 0 Å². The lowest BCUT2D eigenvalue weighted by Crippen LogP contribution is -2.21. The molecule has 2 N–H and O–H groups in total. The minimum Gasteiger partial charge on any atom is -0.445 e. The van der Waals surface area contributed by atoms with E-state index in [9.17, 15) is 13.2 Å². The number of alkyl halides is 3. The Kier molecular flexibility index (Phi) is 3.95. The van der Waals surface area contributed by atoms with E-state index in [1.807, 2.05) is 0 Å². The number of fused-ring (bicyclic) bond motifs is 1. The Morgan fingerprint density at radius 3 is 2.86 bits per heavy atom. The molecular formula is C16H17F3N2O. The predicted molar refractivity (Wildman–Crippen MR) is 75.3 cm³/mol. The zero-order valence-electron chi connectivity index (χ0n) is 12.0. The Labute approximate surface area is 126 Å². The topological polar surface area (TPSA) is 52.0 Å². The van der Waals surface area contributed by atoms with Crippen LogP contribution in [0.1, 0.15) is 34.9 Å². The van der Waals surface area contributed by atoms with Crippen molar-refractivity contribution < 1.29 is 17.6 Å². The lowest BCUT2D eigenvalue weighted by molar-refractivity contribution is -0.137. The van der Waals surface area contributed by atoms with Crippen LogP contribution in [0.2, 0.25) is 0 Å². The number of aryl methyl sites for hydroxylation is 1. The summed E-state index contributed by atoms with van der Waals surface area (Å²) >= 11 is 0. The molecule has 0 spiro atoms. The van der Waals surface area contributed by atoms with Crippen molar-refractivity contribution >= 4 is 0 Å². The van der Waals surface area contributed by atoms with Gasteiger partial charge in [0, 0.05) is 12.8 Å². The third-order valence-corrected chi connectivity index (χ3v) is 4.03. The first-order valence-electron chi connectivity index (χ1n) is 7.29. The third kappa shape index (κ3) is 3.16. The monoisotopic (exact) mass is 310 g/mol. The molecule has 1 unspecified atom stereocenters. The van der Waals surface area contributed by atoms with Crippen LogP contribution in [0, 0.1) is 5.92 Å². The van der Waals surface area contributed by atoms with E-state index < -0.39 is 11.7 Å². The average Bonchev–Trinajstić information content (AvgIpc) is 2.87. The quantitative estimate of drug-likeness (QED) is 0.946. The molecule has 0 bridgehead atoms. The number of aromatic nitrogens is 1. The molecule has 1 heterocycles. The smallest absolute Gasteiger partial charge is 0.416 e. The summed E-state index contributed by atoms with van der Waals surface area (Å²) in [7, 11) is 0. The van der Waals surface area contributed by atoms with Crippen LogP contribution in [0.4, 0.5) is 13.2 Å². The molecule has 118 valence electrons. The average molecular weight is 310 g/mol. The molecular weight excluding hydrogens is 293 g/mol. The molecule has 6 heteroatoms. The molecule has 3 nitrogen and oxygen atoms in total. The van der Waals surface area contributed by atoms with Gasteiger partial charge < -0.3 is 10.2 Å². The van der Waals surface area contributed by atoms with E-state index in [1.54, 1.807) is 6.07 Å². The maximum Gasteiger partial charge on any atom is 0.416 e. The summed E-state index contributed by atoms with van der Waals surface area (Å²) in [6, 6.07) is 5.27. The van der Waals surface area contributed by atoms with Crippen LogP contribution < -0.4 is 5.73 Å². The van der Waals surface area contributed by atoms with Crippen molar-refractivity contribution in [3.8, 4) is 0 Å². The fraction of sp³-hybridized carbons (Fsp3) is 0.438. The number of hydrogen-bond donors (Lipinski definition) is 1. The zero-order valence-corrected chi connectivity index (χ0v) is 12.0. The predicted octanol–water partition coefficient (Wildman–Crippen LogP) is 3.35. The van der Waals surface area contributed by atoms with Crippen molar-refractivity contribution in [2.24, 2.45) is 11.7 Å². The summed E-state index contributed by atoms with van der Waals surface area (Å²) in [5.41, 5.74) is 6.50. The molecule has 2 aromatic rings. The van der Waals surface area contributed by atoms with Gasteiger partial charge in [0.1, 0.15) is 5.76 Å². The van der Waals surface area contributed by atoms with Crippen molar-refractivity contribution in [3.63, 3.8) is 0 Å². The molecule has 0 saturated heterocycles. The molecule has 0 radical (unpaired) electrons. The Hall–Kier alpha value is -1.82. The second kappa shape index (κ2) is 5.76. The number of oxazole rings is 1. The first kappa shape index (κ1) is 15.1. The maximum atomic E-state index is 12.7. The number of nitrogens with two attached hydrogens (primary N) is 1. The summed E-state index contributed by atoms with van der Waals surface area (Å²) < 4.78 is 43.9. The third-order valence-electron chi connectivity index (χ3n) is 4.03. The van der Waals surface area contributed by atoms with Crippen LogP contribution in [0.3, 0.4) is 0 Å². The summed E-state index contributed by atoms with van der Waals surface area (Å²) in [4.78, 5) is 4.42. The molecule has 0 aliphatic heterocycles. The van der Waals surface area contributed by atoms with Crippen molar-refractivity contribution in [3.05, 3.63) is 52.7 Å². The van der Waals surface area contributed by atoms with Crippen molar-refractivity contribution in [1.82, 2.24) is 4.98 Å². The highest BCUT2D eigenvalue weighted by molar-refractivity contribution is 5.28. The van der Waals surface area contributed by atoms with Crippen LogP contribution in [-0.2, 0) is 25.4 Å². The molecule has 1 atom stereocenters. The highest BCUT2D eigenvalue weighted by Gasteiger charge is 2.30. The fourth-order valence-corrected chi connectivity index (χ4v) is 2.81. The van der Waals surface area contributed by atoms with Gasteiger partial charge >= 0.3 is 6.18 Å². The highest BCUT2D eigenvalue weighted by atomic mass is 19.4. The number of hydrogen-bond acceptors (Lipinski definition) is 3. The molecule has 1 aliphatic rings. The maximum absolute atomic E-state index is 12.7. The molecule has 0 amide bonds. The lowest BCUT2D eigenvalue weighted by Gasteiger charge is -2.17. The van der Waals surface area contributed by atoms with Gasteiger partial charge in [-0.2, -0.15) is 13.2 Å². The Bertz CT molecular complexity index is 664. The summed E-state index contributed by atoms with van der Waals surface area (Å²) in [5, 5.41) is 0. The van der Waals surface area contributed by atoms with Gasteiger partial charge in [0.05, 0.1) is 11.3 Å². The van der Waals surface area contributed by atoms with Crippen molar-refractivity contribution in [2.75, 3.05) is 6.54 Å². The second-order valence-electron chi connectivity index (χ2n) is 5.70. The summed E-state index contributed by atoms with van der Waals surface area (Å²) in [5.74, 6) is 1.72. The van der Waals surface area contributed by atoms with Crippen LogP contribution in [0.5, 0.6) is 0 Å². The Balaban J connectivity index is 1.79. The standard InChI is InChI=1S/C16H17F3N2O/c17-16(18,19)12-3-1-2-10(6-12)8-15-21-13-5-4-11(9-20)7-14(13)22-15/h1-3,6,11H,4-5,7-9,20H2. The van der Waals surface area contributed by atoms with Crippen LogP contribution >= 0.6 is 0 Å². The zero-order chi connectivity index (χ0) is 15.7. The van der Waals surface area contributed by atoms with E-state index in [2.05, 4.69) is 4.98 Å². The Morgan fingerprint density at radius 1 is 1.32 bits per heavy atom. The fourth-order valence-electron chi connectivity index (χ4n) is 2.81. The van der Waals surface area contributed by atoms with Crippen molar-refractivity contribution in [2.45, 2.75) is 31.9 Å². The van der Waals surface area contributed by atoms with E-state index in [-0.39, 0.29) is 6.42 Å². The van der Waals surface area contributed by atoms with Crippen LogP contribution in [0.15, 0.2) is 28.7 Å². The lowest BCUT2D eigenvalue weighted by atomic mass is 9.91. The summed E-state index contributed by atoms with van der Waals surface area (Å²) in [6.45, 7) is 0.614. The van der Waals surface area contributed by atoms with Gasteiger partial charge in [0.2, 0.25) is 0 Å².